The maximum Gasteiger partial charge on any atom is 0.550 e. The molecule has 0 amide bonds. The monoisotopic (exact) mass is 202 g/mol. The standard InChI is InChI=1S/C2F6O2S/c3-1(4,5)9-10-11-2(6,7)8. The number of rotatable bonds is 2. The van der Waals surface area contributed by atoms with Crippen molar-refractivity contribution in [2.24, 2.45) is 0 Å². The van der Waals surface area contributed by atoms with Gasteiger partial charge in [0.2, 0.25) is 0 Å². The molecule has 0 heterocycles. The normalized spacial score (nSPS) is 13.6. The van der Waals surface area contributed by atoms with Crippen molar-refractivity contribution in [3.8, 4) is 0 Å². The van der Waals surface area contributed by atoms with Crippen LogP contribution in [0.5, 0.6) is 0 Å². The molecule has 0 unspecified atom stereocenters. The van der Waals surface area contributed by atoms with Crippen LogP contribution in [0, 0.1) is 0 Å². The predicted octanol–water partition coefficient (Wildman–Crippen LogP) is 2.62. The summed E-state index contributed by atoms with van der Waals surface area (Å²) >= 11 is -1.38. The van der Waals surface area contributed by atoms with Gasteiger partial charge in [-0.1, -0.05) is 0 Å². The molecule has 0 saturated heterocycles. The third-order valence-corrected chi connectivity index (χ3v) is 0.582. The van der Waals surface area contributed by atoms with E-state index in [4.69, 9.17) is 0 Å². The summed E-state index contributed by atoms with van der Waals surface area (Å²) in [6.07, 6.45) is -5.22. The van der Waals surface area contributed by atoms with Crippen LogP contribution in [0.3, 0.4) is 0 Å². The molecule has 0 aliphatic heterocycles. The zero-order valence-electron chi connectivity index (χ0n) is 4.49. The Hall–Kier alpha value is -0.150. The van der Waals surface area contributed by atoms with E-state index in [0.717, 1.165) is 0 Å². The lowest BCUT2D eigenvalue weighted by atomic mass is 11.4. The Morgan fingerprint density at radius 3 is 1.64 bits per heavy atom. The van der Waals surface area contributed by atoms with Gasteiger partial charge in [-0.05, 0) is 0 Å². The fourth-order valence-electron chi connectivity index (χ4n) is 0.0942. The minimum Gasteiger partial charge on any atom is -0.158 e. The van der Waals surface area contributed by atoms with Gasteiger partial charge in [0.05, 0.1) is 0 Å². The Morgan fingerprint density at radius 2 is 1.36 bits per heavy atom. The first kappa shape index (κ1) is 10.8. The van der Waals surface area contributed by atoms with E-state index in [9.17, 15) is 26.3 Å². The van der Waals surface area contributed by atoms with Crippen molar-refractivity contribution in [1.29, 1.82) is 0 Å². The number of hydrogen-bond donors (Lipinski definition) is 0. The Kier molecular flexibility index (Phi) is 3.45. The third-order valence-electron chi connectivity index (χ3n) is 0.257. The molecule has 0 atom stereocenters. The second-order valence-corrected chi connectivity index (χ2v) is 1.89. The quantitative estimate of drug-likeness (QED) is 0.297. The summed E-state index contributed by atoms with van der Waals surface area (Å²) in [5.41, 5.74) is -4.91. The first-order valence-electron chi connectivity index (χ1n) is 1.88. The van der Waals surface area contributed by atoms with E-state index >= 15 is 0 Å². The lowest BCUT2D eigenvalue weighted by molar-refractivity contribution is -0.441. The van der Waals surface area contributed by atoms with E-state index in [1.54, 1.807) is 0 Å². The zero-order valence-corrected chi connectivity index (χ0v) is 5.31. The molecule has 0 radical (unpaired) electrons. The minimum absolute atomic E-state index is 1.38. The van der Waals surface area contributed by atoms with Gasteiger partial charge in [-0.3, -0.25) is 0 Å². The molecule has 68 valence electrons. The first-order valence-corrected chi connectivity index (χ1v) is 2.62. The van der Waals surface area contributed by atoms with Crippen molar-refractivity contribution in [3.05, 3.63) is 0 Å². The smallest absolute Gasteiger partial charge is 0.158 e. The van der Waals surface area contributed by atoms with Crippen LogP contribution in [0.4, 0.5) is 26.3 Å². The lowest BCUT2D eigenvalue weighted by Gasteiger charge is -2.05. The highest BCUT2D eigenvalue weighted by atomic mass is 32.2. The van der Waals surface area contributed by atoms with E-state index in [1.807, 2.05) is 0 Å². The van der Waals surface area contributed by atoms with E-state index in [1.165, 1.54) is 0 Å². The number of hydrogen-bond acceptors (Lipinski definition) is 3. The molecule has 11 heavy (non-hydrogen) atoms. The highest BCUT2D eigenvalue weighted by Gasteiger charge is 2.36. The van der Waals surface area contributed by atoms with Gasteiger partial charge >= 0.3 is 11.9 Å². The SMILES string of the molecule is FC(F)(F)OOSC(F)(F)F. The van der Waals surface area contributed by atoms with E-state index in [-0.39, 0.29) is 0 Å². The minimum atomic E-state index is -5.22. The van der Waals surface area contributed by atoms with Crippen molar-refractivity contribution in [2.45, 2.75) is 11.9 Å². The van der Waals surface area contributed by atoms with Crippen LogP contribution in [0.25, 0.3) is 0 Å². The van der Waals surface area contributed by atoms with Crippen LogP contribution >= 0.6 is 12.0 Å². The van der Waals surface area contributed by atoms with E-state index in [2.05, 4.69) is 9.22 Å². The van der Waals surface area contributed by atoms with E-state index < -0.39 is 23.9 Å². The van der Waals surface area contributed by atoms with Crippen LogP contribution in [0.15, 0.2) is 0 Å². The summed E-state index contributed by atoms with van der Waals surface area (Å²) in [5, 5.41) is 0. The Bertz CT molecular complexity index is 103. The van der Waals surface area contributed by atoms with Gasteiger partial charge in [0.15, 0.2) is 0 Å². The van der Waals surface area contributed by atoms with Crippen LogP contribution in [0.1, 0.15) is 0 Å². The topological polar surface area (TPSA) is 18.5 Å². The van der Waals surface area contributed by atoms with E-state index in [0.29, 0.717) is 0 Å². The van der Waals surface area contributed by atoms with Crippen LogP contribution in [-0.2, 0) is 9.22 Å². The average molecular weight is 202 g/mol. The van der Waals surface area contributed by atoms with Gasteiger partial charge in [0.1, 0.15) is 12.0 Å². The van der Waals surface area contributed by atoms with Gasteiger partial charge in [-0.2, -0.15) is 13.2 Å². The Labute approximate surface area is 60.6 Å². The van der Waals surface area contributed by atoms with Crippen LogP contribution < -0.4 is 0 Å². The average Bonchev–Trinajstić information content (AvgIpc) is 1.55. The lowest BCUT2D eigenvalue weighted by Crippen LogP contribution is -2.13. The molecule has 9 heteroatoms. The van der Waals surface area contributed by atoms with Crippen molar-refractivity contribution in [2.75, 3.05) is 0 Å². The van der Waals surface area contributed by atoms with Crippen LogP contribution in [0.2, 0.25) is 0 Å². The van der Waals surface area contributed by atoms with Gasteiger partial charge in [-0.25, -0.2) is 0 Å². The summed E-state index contributed by atoms with van der Waals surface area (Å²) < 4.78 is 68.5. The molecule has 0 aromatic rings. The second-order valence-electron chi connectivity index (χ2n) is 1.13. The molecule has 0 aliphatic carbocycles. The highest BCUT2D eigenvalue weighted by molar-refractivity contribution is 7.95. The van der Waals surface area contributed by atoms with Crippen molar-refractivity contribution in [1.82, 2.24) is 0 Å². The molecule has 0 fully saturated rings. The molecule has 0 rings (SSSR count). The maximum atomic E-state index is 11.0. The number of halogens is 6. The van der Waals surface area contributed by atoms with Crippen molar-refractivity contribution in [3.63, 3.8) is 0 Å². The summed E-state index contributed by atoms with van der Waals surface area (Å²) in [5.74, 6) is 0. The summed E-state index contributed by atoms with van der Waals surface area (Å²) in [6, 6.07) is 0. The van der Waals surface area contributed by atoms with Gasteiger partial charge in [0, 0.05) is 0 Å². The number of alkyl halides is 6. The van der Waals surface area contributed by atoms with Gasteiger partial charge < -0.3 is 0 Å². The van der Waals surface area contributed by atoms with Crippen molar-refractivity contribution < 1.29 is 35.6 Å². The summed E-state index contributed by atoms with van der Waals surface area (Å²) in [4.78, 5) is 2.35. The maximum absolute atomic E-state index is 11.0. The molecule has 0 bridgehead atoms. The summed E-state index contributed by atoms with van der Waals surface area (Å²) in [6.45, 7) is 0. The molecule has 2 nitrogen and oxygen atoms in total. The predicted molar refractivity (Wildman–Crippen MR) is 21.9 cm³/mol. The molecule has 0 aromatic carbocycles. The fourth-order valence-corrected chi connectivity index (χ4v) is 0.282. The highest BCUT2D eigenvalue weighted by Crippen LogP contribution is 2.32. The largest absolute Gasteiger partial charge is 0.550 e. The molecular weight excluding hydrogens is 202 g/mol. The summed E-state index contributed by atoms with van der Waals surface area (Å²) in [7, 11) is 0. The zero-order chi connectivity index (χ0) is 9.12. The molecular formula is C2F6O2S. The molecule has 0 aromatic heterocycles. The van der Waals surface area contributed by atoms with Crippen molar-refractivity contribution >= 4 is 12.0 Å². The Morgan fingerprint density at radius 1 is 0.909 bits per heavy atom. The molecule has 0 N–H and O–H groups in total. The van der Waals surface area contributed by atoms with Gasteiger partial charge in [-0.15, -0.1) is 22.4 Å². The first-order chi connectivity index (χ1) is 4.71. The second kappa shape index (κ2) is 3.50. The fraction of sp³-hybridized carbons (Fsp3) is 1.00. The Balaban J connectivity index is 3.44. The molecule has 0 saturated carbocycles. The molecule has 0 spiro atoms. The third kappa shape index (κ3) is 9.85. The van der Waals surface area contributed by atoms with Crippen LogP contribution in [-0.4, -0.2) is 11.9 Å². The van der Waals surface area contributed by atoms with Gasteiger partial charge in [0.25, 0.3) is 0 Å². The molecule has 0 aliphatic rings.